The molecule has 0 saturated heterocycles. The summed E-state index contributed by atoms with van der Waals surface area (Å²) in [4.78, 5) is 37.0. The van der Waals surface area contributed by atoms with Crippen LogP contribution in [0, 0.1) is 16.2 Å². The van der Waals surface area contributed by atoms with Gasteiger partial charge in [-0.3, -0.25) is 14.4 Å². The van der Waals surface area contributed by atoms with Crippen LogP contribution in [0.1, 0.15) is 102 Å². The van der Waals surface area contributed by atoms with E-state index in [4.69, 9.17) is 14.2 Å². The molecule has 0 atom stereocenters. The van der Waals surface area contributed by atoms with Crippen molar-refractivity contribution in [3.63, 3.8) is 0 Å². The van der Waals surface area contributed by atoms with E-state index in [1.165, 1.54) is 0 Å². The second kappa shape index (κ2) is 14.1. The van der Waals surface area contributed by atoms with Crippen LogP contribution < -0.4 is 5.32 Å². The highest BCUT2D eigenvalue weighted by molar-refractivity contribution is 5.84. The van der Waals surface area contributed by atoms with Crippen molar-refractivity contribution in [2.45, 2.75) is 113 Å². The van der Waals surface area contributed by atoms with Crippen LogP contribution in [-0.4, -0.2) is 68.1 Å². The van der Waals surface area contributed by atoms with Crippen LogP contribution in [0.25, 0.3) is 0 Å². The Bertz CT molecular complexity index is 618. The highest BCUT2D eigenvalue weighted by Gasteiger charge is 2.36. The van der Waals surface area contributed by atoms with Crippen molar-refractivity contribution in [1.82, 2.24) is 5.32 Å². The lowest BCUT2D eigenvalue weighted by Crippen LogP contribution is -2.62. The Morgan fingerprint density at radius 1 is 0.500 bits per heavy atom. The van der Waals surface area contributed by atoms with Gasteiger partial charge in [0.15, 0.2) is 0 Å². The lowest BCUT2D eigenvalue weighted by Gasteiger charge is -2.40. The number of ether oxygens (including phenoxy) is 3. The Morgan fingerprint density at radius 3 is 0.944 bits per heavy atom. The molecule has 0 aliphatic carbocycles. The monoisotopic (exact) mass is 513 g/mol. The number of carbonyl (C=O) groups excluding carboxylic acids is 3. The Kier molecular flexibility index (Phi) is 13.7. The molecule has 0 rings (SSSR count). The molecule has 0 aromatic carbocycles. The largest absolute Gasteiger partial charge is 0.379 e. The van der Waals surface area contributed by atoms with E-state index in [-0.39, 0.29) is 42.7 Å². The van der Waals surface area contributed by atoms with Crippen LogP contribution in [0.3, 0.4) is 0 Å². The third kappa shape index (κ3) is 15.2. The van der Waals surface area contributed by atoms with Crippen LogP contribution in [0.4, 0.5) is 0 Å². The minimum Gasteiger partial charge on any atom is -0.379 e. The van der Waals surface area contributed by atoms with Gasteiger partial charge in [0.2, 0.25) is 0 Å². The lowest BCUT2D eigenvalue weighted by molar-refractivity contribution is -0.128. The Hall–Kier alpha value is -1.15. The number of Topliss-reactive ketones (excluding diaryl/α,β-unsaturated/α-hetero) is 3. The van der Waals surface area contributed by atoms with Crippen molar-refractivity contribution in [2.24, 2.45) is 16.2 Å². The van der Waals surface area contributed by atoms with Gasteiger partial charge in [-0.2, -0.15) is 0 Å². The lowest BCUT2D eigenvalue weighted by atomic mass is 9.89. The molecule has 7 nitrogen and oxygen atoms in total. The number of hydrogen-bond acceptors (Lipinski definition) is 7. The fraction of sp³-hybridized carbons (Fsp3) is 0.897. The number of carbonyl (C=O) groups is 3. The third-order valence-corrected chi connectivity index (χ3v) is 5.71. The maximum atomic E-state index is 12.3. The second-order valence-corrected chi connectivity index (χ2v) is 14.1. The van der Waals surface area contributed by atoms with Crippen molar-refractivity contribution in [3.8, 4) is 0 Å². The highest BCUT2D eigenvalue weighted by Crippen LogP contribution is 2.21. The van der Waals surface area contributed by atoms with Crippen molar-refractivity contribution in [2.75, 3.05) is 39.6 Å². The molecular weight excluding hydrogens is 458 g/mol. The molecule has 0 heterocycles. The summed E-state index contributed by atoms with van der Waals surface area (Å²) in [5.74, 6) is 0.433. The fourth-order valence-electron chi connectivity index (χ4n) is 3.45. The molecule has 212 valence electrons. The number of rotatable bonds is 16. The van der Waals surface area contributed by atoms with Gasteiger partial charge in [-0.1, -0.05) is 62.3 Å². The van der Waals surface area contributed by atoms with E-state index in [1.807, 2.05) is 62.3 Å². The summed E-state index contributed by atoms with van der Waals surface area (Å²) in [6, 6.07) is 0. The number of ketones is 3. The van der Waals surface area contributed by atoms with Gasteiger partial charge in [0.05, 0.1) is 45.2 Å². The maximum Gasteiger partial charge on any atom is 0.140 e. The molecule has 0 aliphatic rings. The summed E-state index contributed by atoms with van der Waals surface area (Å²) >= 11 is 0. The molecule has 1 N–H and O–H groups in total. The van der Waals surface area contributed by atoms with Crippen molar-refractivity contribution < 1.29 is 28.6 Å². The first kappa shape index (κ1) is 34.9. The average molecular weight is 514 g/mol. The standard InChI is InChI=1S/C29H55NO6/c1-25(2,3)22(31)13-16-34-19-29(30-28(10,11)12,20-35-17-14-23(32)26(4,5)6)21-36-18-15-24(33)27(7,8)9/h30H,13-21H2,1-12H3. The number of nitrogens with one attached hydrogen (secondary N) is 1. The van der Waals surface area contributed by atoms with Crippen LogP contribution in [0.15, 0.2) is 0 Å². The molecule has 0 unspecified atom stereocenters. The average Bonchev–Trinajstić information content (AvgIpc) is 2.67. The molecule has 36 heavy (non-hydrogen) atoms. The molecule has 0 radical (unpaired) electrons. The molecule has 0 saturated carbocycles. The third-order valence-electron chi connectivity index (χ3n) is 5.71. The quantitative estimate of drug-likeness (QED) is 0.284. The normalized spacial score (nSPS) is 13.7. The molecule has 0 aliphatic heterocycles. The summed E-state index contributed by atoms with van der Waals surface area (Å²) in [6.45, 7) is 25.0. The van der Waals surface area contributed by atoms with Gasteiger partial charge in [0.25, 0.3) is 0 Å². The first-order valence-electron chi connectivity index (χ1n) is 13.2. The van der Waals surface area contributed by atoms with Gasteiger partial charge in [-0.15, -0.1) is 0 Å². The Morgan fingerprint density at radius 2 is 0.750 bits per heavy atom. The number of hydrogen-bond donors (Lipinski definition) is 1. The molecule has 0 aromatic rings. The van der Waals surface area contributed by atoms with Crippen LogP contribution in [0.5, 0.6) is 0 Å². The molecular formula is C29H55NO6. The summed E-state index contributed by atoms with van der Waals surface area (Å²) in [5.41, 5.74) is -2.21. The van der Waals surface area contributed by atoms with E-state index in [0.29, 0.717) is 39.1 Å². The van der Waals surface area contributed by atoms with Crippen molar-refractivity contribution in [1.29, 1.82) is 0 Å². The summed E-state index contributed by atoms with van der Waals surface area (Å²) in [7, 11) is 0. The minimum atomic E-state index is -0.710. The smallest absolute Gasteiger partial charge is 0.140 e. The molecule has 0 aromatic heterocycles. The van der Waals surface area contributed by atoms with E-state index >= 15 is 0 Å². The Labute approximate surface area is 220 Å². The van der Waals surface area contributed by atoms with Gasteiger partial charge in [0, 0.05) is 41.0 Å². The van der Waals surface area contributed by atoms with E-state index < -0.39 is 21.8 Å². The van der Waals surface area contributed by atoms with Gasteiger partial charge in [0.1, 0.15) is 17.3 Å². The van der Waals surface area contributed by atoms with E-state index in [9.17, 15) is 14.4 Å². The predicted octanol–water partition coefficient (Wildman–Crippen LogP) is 5.18. The van der Waals surface area contributed by atoms with Crippen LogP contribution >= 0.6 is 0 Å². The highest BCUT2D eigenvalue weighted by atomic mass is 16.5. The van der Waals surface area contributed by atoms with E-state index in [0.717, 1.165) is 0 Å². The maximum absolute atomic E-state index is 12.3. The fourth-order valence-corrected chi connectivity index (χ4v) is 3.45. The van der Waals surface area contributed by atoms with E-state index in [2.05, 4.69) is 26.1 Å². The van der Waals surface area contributed by atoms with Gasteiger partial charge in [-0.25, -0.2) is 0 Å². The SMILES string of the molecule is CC(C)(C)NC(COCCC(=O)C(C)(C)C)(COCCC(=O)C(C)(C)C)COCCC(=O)C(C)(C)C. The van der Waals surface area contributed by atoms with Gasteiger partial charge >= 0.3 is 0 Å². The predicted molar refractivity (Wildman–Crippen MR) is 145 cm³/mol. The molecule has 0 spiro atoms. The van der Waals surface area contributed by atoms with Crippen molar-refractivity contribution >= 4 is 17.3 Å². The van der Waals surface area contributed by atoms with Gasteiger partial charge in [-0.05, 0) is 20.8 Å². The van der Waals surface area contributed by atoms with E-state index in [1.54, 1.807) is 0 Å². The van der Waals surface area contributed by atoms with Crippen LogP contribution in [-0.2, 0) is 28.6 Å². The first-order valence-corrected chi connectivity index (χ1v) is 13.2. The topological polar surface area (TPSA) is 90.9 Å². The molecule has 0 bridgehead atoms. The second-order valence-electron chi connectivity index (χ2n) is 14.1. The summed E-state index contributed by atoms with van der Waals surface area (Å²) < 4.78 is 18.0. The first-order chi connectivity index (χ1) is 16.1. The molecule has 0 fully saturated rings. The van der Waals surface area contributed by atoms with Gasteiger partial charge < -0.3 is 19.5 Å². The Balaban J connectivity index is 5.38. The summed E-state index contributed by atoms with van der Waals surface area (Å²) in [6.07, 6.45) is 0.991. The zero-order valence-corrected chi connectivity index (χ0v) is 25.3. The van der Waals surface area contributed by atoms with Crippen LogP contribution in [0.2, 0.25) is 0 Å². The molecule has 0 amide bonds. The molecule has 7 heteroatoms. The summed E-state index contributed by atoms with van der Waals surface area (Å²) in [5, 5.41) is 3.60. The zero-order chi connectivity index (χ0) is 28.4. The zero-order valence-electron chi connectivity index (χ0n) is 25.3. The minimum absolute atomic E-state index is 0.144. The van der Waals surface area contributed by atoms with Crippen molar-refractivity contribution in [3.05, 3.63) is 0 Å².